The normalized spacial score (nSPS) is 20.3. The van der Waals surface area contributed by atoms with E-state index < -0.39 is 5.91 Å². The van der Waals surface area contributed by atoms with Gasteiger partial charge >= 0.3 is 0 Å². The Bertz CT molecular complexity index is 729. The molecule has 0 aliphatic heterocycles. The number of H-pyrrole nitrogens is 1. The van der Waals surface area contributed by atoms with Crippen LogP contribution in [-0.2, 0) is 6.54 Å². The van der Waals surface area contributed by atoms with Crippen LogP contribution in [0.15, 0.2) is 33.5 Å². The Balaban J connectivity index is 1.63. The molecule has 110 valence electrons. The van der Waals surface area contributed by atoms with Gasteiger partial charge < -0.3 is 14.7 Å². The molecule has 1 aliphatic carbocycles. The summed E-state index contributed by atoms with van der Waals surface area (Å²) in [7, 11) is 0. The van der Waals surface area contributed by atoms with Crippen molar-refractivity contribution in [1.82, 2.24) is 10.3 Å². The van der Waals surface area contributed by atoms with Crippen LogP contribution in [0.3, 0.4) is 0 Å². The molecule has 1 fully saturated rings. The maximum absolute atomic E-state index is 12.0. The average Bonchev–Trinajstić information content (AvgIpc) is 2.99. The number of pyridine rings is 1. The number of carbonyl (C=O) groups is 1. The van der Waals surface area contributed by atoms with Crippen LogP contribution in [0.25, 0.3) is 0 Å². The van der Waals surface area contributed by atoms with E-state index in [1.807, 2.05) is 12.1 Å². The van der Waals surface area contributed by atoms with E-state index in [4.69, 9.17) is 4.42 Å². The first-order valence-electron chi connectivity index (χ1n) is 7.11. The Kier molecular flexibility index (Phi) is 3.41. The van der Waals surface area contributed by atoms with E-state index in [1.54, 1.807) is 13.0 Å². The van der Waals surface area contributed by atoms with Crippen molar-refractivity contribution in [1.29, 1.82) is 0 Å². The molecule has 2 aromatic rings. The number of aryl methyl sites for hydroxylation is 1. The molecule has 0 unspecified atom stereocenters. The second-order valence-electron chi connectivity index (χ2n) is 5.69. The fourth-order valence-electron chi connectivity index (χ4n) is 2.42. The number of hydrogen-bond donors (Lipinski definition) is 2. The van der Waals surface area contributed by atoms with Crippen LogP contribution >= 0.6 is 0 Å². The van der Waals surface area contributed by atoms with Crippen LogP contribution in [0.4, 0.5) is 0 Å². The Hall–Kier alpha value is -2.30. The van der Waals surface area contributed by atoms with Crippen LogP contribution < -0.4 is 10.9 Å². The van der Waals surface area contributed by atoms with Crippen molar-refractivity contribution in [2.24, 2.45) is 5.92 Å². The SMILES string of the molecule is Cc1ccc(C(=O)NCc2ccc([C@H]3C[C@@H]3C)o2)c(=O)[nH]1. The number of hydrogen-bond acceptors (Lipinski definition) is 3. The number of furan rings is 1. The number of amides is 1. The topological polar surface area (TPSA) is 75.1 Å². The number of aromatic nitrogens is 1. The largest absolute Gasteiger partial charge is 0.464 e. The summed E-state index contributed by atoms with van der Waals surface area (Å²) in [4.78, 5) is 26.3. The lowest BCUT2D eigenvalue weighted by molar-refractivity contribution is 0.0946. The summed E-state index contributed by atoms with van der Waals surface area (Å²) < 4.78 is 5.71. The molecular weight excluding hydrogens is 268 g/mol. The summed E-state index contributed by atoms with van der Waals surface area (Å²) in [6, 6.07) is 7.08. The molecule has 1 saturated carbocycles. The van der Waals surface area contributed by atoms with Crippen molar-refractivity contribution in [2.75, 3.05) is 0 Å². The molecule has 0 spiro atoms. The second kappa shape index (κ2) is 5.24. The number of rotatable bonds is 4. The Morgan fingerprint density at radius 3 is 2.81 bits per heavy atom. The lowest BCUT2D eigenvalue weighted by atomic mass is 10.2. The lowest BCUT2D eigenvalue weighted by Gasteiger charge is -2.03. The third-order valence-corrected chi connectivity index (χ3v) is 3.88. The van der Waals surface area contributed by atoms with Gasteiger partial charge in [-0.25, -0.2) is 0 Å². The molecule has 2 heterocycles. The standard InChI is InChI=1S/C16H18N2O3/c1-9-7-13(9)14-6-4-11(21-14)8-17-15(19)12-5-3-10(2)18-16(12)20/h3-6,9,13H,7-8H2,1-2H3,(H,17,19)(H,18,20)/t9-,13-/m0/s1. The first-order valence-corrected chi connectivity index (χ1v) is 7.11. The summed E-state index contributed by atoms with van der Waals surface area (Å²) in [5.74, 6) is 2.51. The van der Waals surface area contributed by atoms with Gasteiger partial charge in [0.1, 0.15) is 17.1 Å². The highest BCUT2D eigenvalue weighted by Crippen LogP contribution is 2.47. The van der Waals surface area contributed by atoms with Crippen molar-refractivity contribution in [3.63, 3.8) is 0 Å². The minimum Gasteiger partial charge on any atom is -0.464 e. The number of carbonyl (C=O) groups excluding carboxylic acids is 1. The summed E-state index contributed by atoms with van der Waals surface area (Å²) in [5, 5.41) is 2.71. The van der Waals surface area contributed by atoms with E-state index in [2.05, 4.69) is 17.2 Å². The summed E-state index contributed by atoms with van der Waals surface area (Å²) in [5.41, 5.74) is 0.466. The quantitative estimate of drug-likeness (QED) is 0.905. The van der Waals surface area contributed by atoms with Crippen LogP contribution in [0.2, 0.25) is 0 Å². The molecule has 1 amide bonds. The van der Waals surface area contributed by atoms with Gasteiger partial charge in [0, 0.05) is 11.6 Å². The molecule has 5 heteroatoms. The number of aromatic amines is 1. The predicted octanol–water partition coefficient (Wildman–Crippen LogP) is 2.33. The van der Waals surface area contributed by atoms with Gasteiger partial charge in [-0.3, -0.25) is 9.59 Å². The molecule has 21 heavy (non-hydrogen) atoms. The molecule has 3 rings (SSSR count). The summed E-state index contributed by atoms with van der Waals surface area (Å²) >= 11 is 0. The maximum atomic E-state index is 12.0. The first kappa shape index (κ1) is 13.7. The Labute approximate surface area is 122 Å². The molecule has 2 N–H and O–H groups in total. The summed E-state index contributed by atoms with van der Waals surface area (Å²) in [6.07, 6.45) is 1.16. The zero-order valence-electron chi connectivity index (χ0n) is 12.1. The van der Waals surface area contributed by atoms with E-state index in [-0.39, 0.29) is 17.7 Å². The predicted molar refractivity (Wildman–Crippen MR) is 78.2 cm³/mol. The zero-order chi connectivity index (χ0) is 15.0. The van der Waals surface area contributed by atoms with Crippen LogP contribution in [0.5, 0.6) is 0 Å². The average molecular weight is 286 g/mol. The number of nitrogens with one attached hydrogen (secondary N) is 2. The second-order valence-corrected chi connectivity index (χ2v) is 5.69. The van der Waals surface area contributed by atoms with Gasteiger partial charge in [-0.05, 0) is 43.5 Å². The van der Waals surface area contributed by atoms with E-state index >= 15 is 0 Å². The maximum Gasteiger partial charge on any atom is 0.260 e. The van der Waals surface area contributed by atoms with E-state index in [1.165, 1.54) is 6.07 Å². The zero-order valence-corrected chi connectivity index (χ0v) is 12.1. The van der Waals surface area contributed by atoms with Gasteiger partial charge in [-0.1, -0.05) is 6.92 Å². The van der Waals surface area contributed by atoms with Crippen molar-refractivity contribution in [2.45, 2.75) is 32.7 Å². The highest BCUT2D eigenvalue weighted by molar-refractivity contribution is 5.93. The lowest BCUT2D eigenvalue weighted by Crippen LogP contribution is -2.29. The Morgan fingerprint density at radius 1 is 1.38 bits per heavy atom. The van der Waals surface area contributed by atoms with E-state index in [0.29, 0.717) is 17.6 Å². The van der Waals surface area contributed by atoms with Crippen LogP contribution in [-0.4, -0.2) is 10.9 Å². The molecule has 2 aromatic heterocycles. The minimum absolute atomic E-state index is 0.114. The minimum atomic E-state index is -0.394. The Morgan fingerprint density at radius 2 is 2.14 bits per heavy atom. The summed E-state index contributed by atoms with van der Waals surface area (Å²) in [6.45, 7) is 4.25. The van der Waals surface area contributed by atoms with Gasteiger partial charge in [-0.2, -0.15) is 0 Å². The molecule has 0 bridgehead atoms. The first-order chi connectivity index (χ1) is 10.0. The molecule has 5 nitrogen and oxygen atoms in total. The smallest absolute Gasteiger partial charge is 0.260 e. The molecule has 0 radical (unpaired) electrons. The van der Waals surface area contributed by atoms with Gasteiger partial charge in [0.05, 0.1) is 6.54 Å². The van der Waals surface area contributed by atoms with E-state index in [9.17, 15) is 9.59 Å². The molecule has 2 atom stereocenters. The van der Waals surface area contributed by atoms with Crippen molar-refractivity contribution in [3.05, 3.63) is 57.4 Å². The molecule has 1 aliphatic rings. The monoisotopic (exact) mass is 286 g/mol. The van der Waals surface area contributed by atoms with Crippen LogP contribution in [0, 0.1) is 12.8 Å². The fourth-order valence-corrected chi connectivity index (χ4v) is 2.42. The van der Waals surface area contributed by atoms with Crippen molar-refractivity contribution < 1.29 is 9.21 Å². The third-order valence-electron chi connectivity index (χ3n) is 3.88. The molecule has 0 saturated heterocycles. The van der Waals surface area contributed by atoms with Crippen molar-refractivity contribution in [3.8, 4) is 0 Å². The third kappa shape index (κ3) is 2.91. The van der Waals surface area contributed by atoms with Crippen LogP contribution in [0.1, 0.15) is 46.8 Å². The van der Waals surface area contributed by atoms with Gasteiger partial charge in [0.25, 0.3) is 11.5 Å². The highest BCUT2D eigenvalue weighted by atomic mass is 16.3. The highest BCUT2D eigenvalue weighted by Gasteiger charge is 2.36. The van der Waals surface area contributed by atoms with Gasteiger partial charge in [0.15, 0.2) is 0 Å². The van der Waals surface area contributed by atoms with Crippen molar-refractivity contribution >= 4 is 5.91 Å². The van der Waals surface area contributed by atoms with Gasteiger partial charge in [0.2, 0.25) is 0 Å². The molecule has 0 aromatic carbocycles. The fraction of sp³-hybridized carbons (Fsp3) is 0.375. The molecular formula is C16H18N2O3. The van der Waals surface area contributed by atoms with Gasteiger partial charge in [-0.15, -0.1) is 0 Å². The van der Waals surface area contributed by atoms with E-state index in [0.717, 1.165) is 17.9 Å².